The van der Waals surface area contributed by atoms with Crippen LogP contribution in [0.1, 0.15) is 20.3 Å². The molecule has 2 N–H and O–H groups in total. The summed E-state index contributed by atoms with van der Waals surface area (Å²) in [6.07, 6.45) is 0.863. The largest absolute Gasteiger partial charge is 0.377 e. The Morgan fingerprint density at radius 2 is 2.17 bits per heavy atom. The number of urea groups is 1. The Kier molecular flexibility index (Phi) is 6.20. The lowest BCUT2D eigenvalue weighted by atomic mass is 10.0. The van der Waals surface area contributed by atoms with Crippen molar-refractivity contribution in [2.45, 2.75) is 31.2 Å². The second-order valence-corrected chi connectivity index (χ2v) is 8.10. The fourth-order valence-electron chi connectivity index (χ4n) is 2.72. The molecule has 24 heavy (non-hydrogen) atoms. The van der Waals surface area contributed by atoms with Crippen LogP contribution < -0.4 is 10.0 Å². The Morgan fingerprint density at radius 1 is 1.42 bits per heavy atom. The quantitative estimate of drug-likeness (QED) is 0.844. The topological polar surface area (TPSA) is 87.7 Å². The van der Waals surface area contributed by atoms with E-state index in [1.807, 2.05) is 0 Å². The minimum atomic E-state index is -3.54. The van der Waals surface area contributed by atoms with Crippen molar-refractivity contribution in [3.63, 3.8) is 0 Å². The summed E-state index contributed by atoms with van der Waals surface area (Å²) in [4.78, 5) is 14.5. The zero-order chi connectivity index (χ0) is 17.7. The van der Waals surface area contributed by atoms with Crippen LogP contribution in [0.2, 0.25) is 0 Å². The lowest BCUT2D eigenvalue weighted by Gasteiger charge is -2.36. The fraction of sp³-hybridized carbons (Fsp3) is 0.562. The summed E-state index contributed by atoms with van der Waals surface area (Å²) >= 11 is 0. The van der Waals surface area contributed by atoms with Crippen molar-refractivity contribution in [3.8, 4) is 0 Å². The van der Waals surface area contributed by atoms with Gasteiger partial charge < -0.3 is 15.0 Å². The molecule has 7 nitrogen and oxygen atoms in total. The van der Waals surface area contributed by atoms with Crippen LogP contribution in [-0.2, 0) is 14.8 Å². The molecule has 0 spiro atoms. The second kappa shape index (κ2) is 7.96. The summed E-state index contributed by atoms with van der Waals surface area (Å²) in [7, 11) is -2.19. The number of carbonyl (C=O) groups excluding carboxylic acids is 1. The highest BCUT2D eigenvalue weighted by Crippen LogP contribution is 2.19. The molecule has 0 saturated carbocycles. The molecule has 0 bridgehead atoms. The van der Waals surface area contributed by atoms with E-state index in [1.54, 1.807) is 17.0 Å². The maximum absolute atomic E-state index is 12.6. The predicted molar refractivity (Wildman–Crippen MR) is 92.5 cm³/mol. The highest BCUT2D eigenvalue weighted by molar-refractivity contribution is 7.89. The third-order valence-corrected chi connectivity index (χ3v) is 5.31. The van der Waals surface area contributed by atoms with E-state index in [0.717, 1.165) is 6.42 Å². The molecule has 0 aliphatic carbocycles. The highest BCUT2D eigenvalue weighted by atomic mass is 32.2. The molecule has 1 aliphatic heterocycles. The van der Waals surface area contributed by atoms with Crippen molar-refractivity contribution in [1.29, 1.82) is 0 Å². The van der Waals surface area contributed by atoms with Crippen LogP contribution in [0.4, 0.5) is 10.5 Å². The number of nitrogens with zero attached hydrogens (tertiary/aromatic N) is 1. The van der Waals surface area contributed by atoms with Crippen molar-refractivity contribution in [1.82, 2.24) is 9.62 Å². The van der Waals surface area contributed by atoms with Crippen LogP contribution in [0.5, 0.6) is 0 Å². The number of nitrogens with one attached hydrogen (secondary N) is 2. The Balaban J connectivity index is 2.12. The normalized spacial score (nSPS) is 18.7. The number of ether oxygens (including phenoxy) is 1. The third kappa shape index (κ3) is 4.68. The van der Waals surface area contributed by atoms with E-state index in [9.17, 15) is 13.2 Å². The van der Waals surface area contributed by atoms with Gasteiger partial charge in [-0.2, -0.15) is 0 Å². The molecule has 134 valence electrons. The van der Waals surface area contributed by atoms with Gasteiger partial charge in [0.1, 0.15) is 0 Å². The number of amides is 2. The molecule has 1 fully saturated rings. The van der Waals surface area contributed by atoms with Gasteiger partial charge in [0, 0.05) is 12.2 Å². The van der Waals surface area contributed by atoms with Crippen LogP contribution in [-0.4, -0.2) is 52.2 Å². The molecule has 1 heterocycles. The molecule has 1 aliphatic rings. The minimum Gasteiger partial charge on any atom is -0.377 e. The first-order valence-corrected chi connectivity index (χ1v) is 9.51. The Hall–Kier alpha value is -1.64. The number of morpholine rings is 1. The van der Waals surface area contributed by atoms with Crippen LogP contribution in [0.25, 0.3) is 0 Å². The lowest BCUT2D eigenvalue weighted by Crippen LogP contribution is -2.50. The lowest BCUT2D eigenvalue weighted by molar-refractivity contribution is 0.00857. The van der Waals surface area contributed by atoms with Gasteiger partial charge in [-0.1, -0.05) is 19.9 Å². The van der Waals surface area contributed by atoms with E-state index in [1.165, 1.54) is 19.2 Å². The van der Waals surface area contributed by atoms with Gasteiger partial charge in [-0.25, -0.2) is 17.9 Å². The number of sulfonamides is 1. The number of hydrogen-bond donors (Lipinski definition) is 2. The molecule has 0 unspecified atom stereocenters. The molecule has 8 heteroatoms. The van der Waals surface area contributed by atoms with Gasteiger partial charge in [0.25, 0.3) is 0 Å². The van der Waals surface area contributed by atoms with E-state index >= 15 is 0 Å². The summed E-state index contributed by atoms with van der Waals surface area (Å²) in [5, 5.41) is 2.79. The van der Waals surface area contributed by atoms with E-state index in [0.29, 0.717) is 31.4 Å². The minimum absolute atomic E-state index is 0.0305. The smallest absolute Gasteiger partial charge is 0.322 e. The molecule has 0 radical (unpaired) electrons. The van der Waals surface area contributed by atoms with Crippen LogP contribution in [0.15, 0.2) is 29.2 Å². The van der Waals surface area contributed by atoms with E-state index in [2.05, 4.69) is 23.9 Å². The first kappa shape index (κ1) is 18.7. The van der Waals surface area contributed by atoms with Crippen LogP contribution in [0.3, 0.4) is 0 Å². The van der Waals surface area contributed by atoms with Gasteiger partial charge in [-0.05, 0) is 37.6 Å². The average Bonchev–Trinajstić information content (AvgIpc) is 2.55. The molecule has 1 aromatic carbocycles. The van der Waals surface area contributed by atoms with Crippen molar-refractivity contribution in [2.75, 3.05) is 32.1 Å². The van der Waals surface area contributed by atoms with Crippen molar-refractivity contribution in [2.24, 2.45) is 5.92 Å². The Bertz CT molecular complexity index is 676. The monoisotopic (exact) mass is 355 g/mol. The van der Waals surface area contributed by atoms with Gasteiger partial charge in [-0.15, -0.1) is 0 Å². The Labute approximate surface area is 143 Å². The predicted octanol–water partition coefficient (Wildman–Crippen LogP) is 1.87. The van der Waals surface area contributed by atoms with Crippen molar-refractivity contribution >= 4 is 21.7 Å². The maximum Gasteiger partial charge on any atom is 0.322 e. The van der Waals surface area contributed by atoms with Gasteiger partial charge >= 0.3 is 6.03 Å². The van der Waals surface area contributed by atoms with E-state index < -0.39 is 10.0 Å². The SMILES string of the molecule is CNS(=O)(=O)c1cccc(NC(=O)N2CCOC[C@@H]2CC(C)C)c1. The number of hydrogen-bond acceptors (Lipinski definition) is 4. The molecule has 2 amide bonds. The standard InChI is InChI=1S/C16H25N3O4S/c1-12(2)9-14-11-23-8-7-19(14)16(20)18-13-5-4-6-15(10-13)24(21,22)17-3/h4-6,10,12,14,17H,7-9,11H2,1-3H3,(H,18,20)/t14-/m0/s1. The van der Waals surface area contributed by atoms with E-state index in [4.69, 9.17) is 4.74 Å². The summed E-state index contributed by atoms with van der Waals surface area (Å²) in [5.41, 5.74) is 0.450. The van der Waals surface area contributed by atoms with Gasteiger partial charge in [0.2, 0.25) is 10.0 Å². The van der Waals surface area contributed by atoms with E-state index in [-0.39, 0.29) is 17.0 Å². The number of anilines is 1. The molecule has 1 atom stereocenters. The summed E-state index contributed by atoms with van der Waals surface area (Å²) in [6, 6.07) is 6.00. The Morgan fingerprint density at radius 3 is 2.83 bits per heavy atom. The zero-order valence-electron chi connectivity index (χ0n) is 14.3. The summed E-state index contributed by atoms with van der Waals surface area (Å²) < 4.78 is 31.5. The first-order valence-electron chi connectivity index (χ1n) is 8.02. The number of benzene rings is 1. The van der Waals surface area contributed by atoms with Gasteiger partial charge in [-0.3, -0.25) is 0 Å². The van der Waals surface area contributed by atoms with Crippen molar-refractivity contribution in [3.05, 3.63) is 24.3 Å². The van der Waals surface area contributed by atoms with Crippen LogP contribution >= 0.6 is 0 Å². The number of rotatable bonds is 5. The second-order valence-electron chi connectivity index (χ2n) is 6.22. The average molecular weight is 355 g/mol. The molecular formula is C16H25N3O4S. The summed E-state index contributed by atoms with van der Waals surface area (Å²) in [6.45, 7) is 5.78. The summed E-state index contributed by atoms with van der Waals surface area (Å²) in [5.74, 6) is 0.455. The maximum atomic E-state index is 12.6. The van der Waals surface area contributed by atoms with Crippen molar-refractivity contribution < 1.29 is 17.9 Å². The van der Waals surface area contributed by atoms with Gasteiger partial charge in [0.15, 0.2) is 0 Å². The zero-order valence-corrected chi connectivity index (χ0v) is 15.1. The number of carbonyl (C=O) groups is 1. The highest BCUT2D eigenvalue weighted by Gasteiger charge is 2.28. The molecule has 1 saturated heterocycles. The van der Waals surface area contributed by atoms with Gasteiger partial charge in [0.05, 0.1) is 24.2 Å². The van der Waals surface area contributed by atoms with Crippen LogP contribution in [0, 0.1) is 5.92 Å². The molecule has 2 rings (SSSR count). The first-order chi connectivity index (χ1) is 11.3. The molecular weight excluding hydrogens is 330 g/mol. The molecule has 0 aromatic heterocycles. The fourth-order valence-corrected chi connectivity index (χ4v) is 3.49. The molecule has 1 aromatic rings. The third-order valence-electron chi connectivity index (χ3n) is 3.90.